The summed E-state index contributed by atoms with van der Waals surface area (Å²) in [6, 6.07) is 15.1. The third-order valence-corrected chi connectivity index (χ3v) is 3.47. The van der Waals surface area contributed by atoms with Crippen molar-refractivity contribution in [1.82, 2.24) is 0 Å². The number of thioether (sulfide) groups is 1. The lowest BCUT2D eigenvalue weighted by Crippen LogP contribution is -1.98. The molecule has 0 bridgehead atoms. The molecule has 0 fully saturated rings. The van der Waals surface area contributed by atoms with Gasteiger partial charge in [0.25, 0.3) is 0 Å². The molecule has 0 saturated heterocycles. The SMILES string of the molecule is CSc1cccc(C=Cc2ccccc2C(=O)O)c1. The Hall–Kier alpha value is -2.00. The quantitative estimate of drug-likeness (QED) is 0.665. The third-order valence-electron chi connectivity index (χ3n) is 2.74. The number of hydrogen-bond donors (Lipinski definition) is 1. The normalized spacial score (nSPS) is 10.8. The van der Waals surface area contributed by atoms with E-state index in [0.29, 0.717) is 11.1 Å². The van der Waals surface area contributed by atoms with Gasteiger partial charge in [0.15, 0.2) is 0 Å². The highest BCUT2D eigenvalue weighted by molar-refractivity contribution is 7.98. The average Bonchev–Trinajstić information content (AvgIpc) is 2.45. The molecule has 0 saturated carbocycles. The molecule has 0 aliphatic carbocycles. The van der Waals surface area contributed by atoms with Crippen LogP contribution in [-0.4, -0.2) is 17.3 Å². The lowest BCUT2D eigenvalue weighted by atomic mass is 10.1. The largest absolute Gasteiger partial charge is 0.478 e. The van der Waals surface area contributed by atoms with E-state index in [1.54, 1.807) is 30.0 Å². The second kappa shape index (κ2) is 6.25. The Morgan fingerprint density at radius 1 is 1.11 bits per heavy atom. The van der Waals surface area contributed by atoms with Crippen molar-refractivity contribution in [3.8, 4) is 0 Å². The van der Waals surface area contributed by atoms with Gasteiger partial charge in [0, 0.05) is 4.90 Å². The Bertz CT molecular complexity index is 618. The van der Waals surface area contributed by atoms with Crippen molar-refractivity contribution < 1.29 is 9.90 Å². The molecule has 2 aromatic rings. The second-order valence-corrected chi connectivity index (χ2v) is 4.88. The Labute approximate surface area is 116 Å². The zero-order valence-corrected chi connectivity index (χ0v) is 11.4. The van der Waals surface area contributed by atoms with Gasteiger partial charge in [0.2, 0.25) is 0 Å². The van der Waals surface area contributed by atoms with E-state index in [4.69, 9.17) is 5.11 Å². The van der Waals surface area contributed by atoms with Gasteiger partial charge in [0.05, 0.1) is 5.56 Å². The molecular weight excluding hydrogens is 256 g/mol. The standard InChI is InChI=1S/C16H14O2S/c1-19-14-7-4-5-12(11-14)9-10-13-6-2-3-8-15(13)16(17)18/h2-11H,1H3,(H,17,18). The first kappa shape index (κ1) is 13.4. The number of carboxylic acids is 1. The molecule has 2 rings (SSSR count). The smallest absolute Gasteiger partial charge is 0.336 e. The fraction of sp³-hybridized carbons (Fsp3) is 0.0625. The maximum atomic E-state index is 11.1. The first-order chi connectivity index (χ1) is 9.20. The van der Waals surface area contributed by atoms with Gasteiger partial charge >= 0.3 is 5.97 Å². The minimum atomic E-state index is -0.905. The highest BCUT2D eigenvalue weighted by Gasteiger charge is 2.05. The topological polar surface area (TPSA) is 37.3 Å². The third kappa shape index (κ3) is 3.48. The van der Waals surface area contributed by atoms with Gasteiger partial charge in [-0.2, -0.15) is 0 Å². The number of rotatable bonds is 4. The summed E-state index contributed by atoms with van der Waals surface area (Å²) in [4.78, 5) is 12.3. The maximum Gasteiger partial charge on any atom is 0.336 e. The monoisotopic (exact) mass is 270 g/mol. The molecule has 2 aromatic carbocycles. The van der Waals surface area contributed by atoms with Gasteiger partial charge in [-0.3, -0.25) is 0 Å². The second-order valence-electron chi connectivity index (χ2n) is 4.00. The van der Waals surface area contributed by atoms with E-state index >= 15 is 0 Å². The molecular formula is C16H14O2S. The van der Waals surface area contributed by atoms with Gasteiger partial charge in [0.1, 0.15) is 0 Å². The van der Waals surface area contributed by atoms with Crippen LogP contribution in [0.4, 0.5) is 0 Å². The number of carbonyl (C=O) groups is 1. The molecule has 0 heterocycles. The van der Waals surface area contributed by atoms with Gasteiger partial charge in [-0.25, -0.2) is 4.79 Å². The predicted molar refractivity (Wildman–Crippen MR) is 80.6 cm³/mol. The van der Waals surface area contributed by atoms with Crippen molar-refractivity contribution in [2.75, 3.05) is 6.26 Å². The van der Waals surface area contributed by atoms with Crippen LogP contribution >= 0.6 is 11.8 Å². The fourth-order valence-electron chi connectivity index (χ4n) is 1.77. The van der Waals surface area contributed by atoms with Crippen LogP contribution in [-0.2, 0) is 0 Å². The minimum Gasteiger partial charge on any atom is -0.478 e. The van der Waals surface area contributed by atoms with Crippen LogP contribution in [0.5, 0.6) is 0 Å². The first-order valence-electron chi connectivity index (χ1n) is 5.85. The van der Waals surface area contributed by atoms with E-state index in [2.05, 4.69) is 6.07 Å². The van der Waals surface area contributed by atoms with Crippen LogP contribution in [0.1, 0.15) is 21.5 Å². The summed E-state index contributed by atoms with van der Waals surface area (Å²) in [5, 5.41) is 9.11. The van der Waals surface area contributed by atoms with Crippen LogP contribution in [0.25, 0.3) is 12.2 Å². The number of carboxylic acid groups (broad SMARTS) is 1. The highest BCUT2D eigenvalue weighted by atomic mass is 32.2. The predicted octanol–water partition coefficient (Wildman–Crippen LogP) is 4.28. The molecule has 0 unspecified atom stereocenters. The van der Waals surface area contributed by atoms with Crippen molar-refractivity contribution in [2.45, 2.75) is 4.90 Å². The van der Waals surface area contributed by atoms with Crippen LogP contribution < -0.4 is 0 Å². The van der Waals surface area contributed by atoms with Gasteiger partial charge in [-0.1, -0.05) is 42.5 Å². The summed E-state index contributed by atoms with van der Waals surface area (Å²) in [6.45, 7) is 0. The Morgan fingerprint density at radius 2 is 1.89 bits per heavy atom. The van der Waals surface area contributed by atoms with E-state index in [1.165, 1.54) is 4.90 Å². The molecule has 0 radical (unpaired) electrons. The van der Waals surface area contributed by atoms with E-state index in [1.807, 2.05) is 42.7 Å². The Balaban J connectivity index is 2.30. The summed E-state index contributed by atoms with van der Waals surface area (Å²) in [5.41, 5.74) is 2.09. The average molecular weight is 270 g/mol. The Morgan fingerprint density at radius 3 is 2.63 bits per heavy atom. The summed E-state index contributed by atoms with van der Waals surface area (Å²) >= 11 is 1.68. The van der Waals surface area contributed by atoms with Crippen LogP contribution in [0, 0.1) is 0 Å². The molecule has 2 nitrogen and oxygen atoms in total. The van der Waals surface area contributed by atoms with E-state index in [-0.39, 0.29) is 0 Å². The van der Waals surface area contributed by atoms with Gasteiger partial charge in [-0.15, -0.1) is 11.8 Å². The molecule has 0 atom stereocenters. The number of benzene rings is 2. The van der Waals surface area contributed by atoms with Crippen LogP contribution in [0.15, 0.2) is 53.4 Å². The van der Waals surface area contributed by atoms with Crippen molar-refractivity contribution in [3.63, 3.8) is 0 Å². The molecule has 0 spiro atoms. The van der Waals surface area contributed by atoms with E-state index in [9.17, 15) is 4.79 Å². The zero-order chi connectivity index (χ0) is 13.7. The van der Waals surface area contributed by atoms with Gasteiger partial charge in [-0.05, 0) is 35.6 Å². The summed E-state index contributed by atoms with van der Waals surface area (Å²) in [7, 11) is 0. The lowest BCUT2D eigenvalue weighted by Gasteiger charge is -2.01. The zero-order valence-electron chi connectivity index (χ0n) is 10.5. The molecule has 19 heavy (non-hydrogen) atoms. The maximum absolute atomic E-state index is 11.1. The molecule has 0 aliphatic heterocycles. The molecule has 1 N–H and O–H groups in total. The Kier molecular flexibility index (Phi) is 4.42. The minimum absolute atomic E-state index is 0.319. The number of aromatic carboxylic acids is 1. The highest BCUT2D eigenvalue weighted by Crippen LogP contribution is 2.18. The van der Waals surface area contributed by atoms with E-state index in [0.717, 1.165) is 5.56 Å². The van der Waals surface area contributed by atoms with Crippen molar-refractivity contribution >= 4 is 29.9 Å². The molecule has 3 heteroatoms. The van der Waals surface area contributed by atoms with Crippen molar-refractivity contribution in [2.24, 2.45) is 0 Å². The fourth-order valence-corrected chi connectivity index (χ4v) is 2.24. The molecule has 0 aromatic heterocycles. The summed E-state index contributed by atoms with van der Waals surface area (Å²) in [5.74, 6) is -0.905. The van der Waals surface area contributed by atoms with Crippen molar-refractivity contribution in [1.29, 1.82) is 0 Å². The number of hydrogen-bond acceptors (Lipinski definition) is 2. The van der Waals surface area contributed by atoms with Crippen molar-refractivity contribution in [3.05, 3.63) is 65.2 Å². The van der Waals surface area contributed by atoms with E-state index < -0.39 is 5.97 Å². The molecule has 0 aliphatic rings. The molecule has 96 valence electrons. The summed E-state index contributed by atoms with van der Waals surface area (Å²) < 4.78 is 0. The lowest BCUT2D eigenvalue weighted by molar-refractivity contribution is 0.0696. The van der Waals surface area contributed by atoms with Crippen LogP contribution in [0.3, 0.4) is 0 Å². The summed E-state index contributed by atoms with van der Waals surface area (Å²) in [6.07, 6.45) is 5.80. The first-order valence-corrected chi connectivity index (χ1v) is 7.07. The van der Waals surface area contributed by atoms with Crippen LogP contribution in [0.2, 0.25) is 0 Å². The molecule has 0 amide bonds. The van der Waals surface area contributed by atoms with Gasteiger partial charge < -0.3 is 5.11 Å².